The van der Waals surface area contributed by atoms with Crippen LogP contribution in [0.5, 0.6) is 0 Å². The van der Waals surface area contributed by atoms with Crippen molar-refractivity contribution < 1.29 is 14.2 Å². The summed E-state index contributed by atoms with van der Waals surface area (Å²) in [7, 11) is 0. The Morgan fingerprint density at radius 3 is 1.82 bits per heavy atom. The summed E-state index contributed by atoms with van der Waals surface area (Å²) in [6.07, 6.45) is 21.4. The molecule has 1 unspecified atom stereocenters. The van der Waals surface area contributed by atoms with Crippen molar-refractivity contribution in [2.45, 2.75) is 124 Å². The van der Waals surface area contributed by atoms with Gasteiger partial charge < -0.3 is 14.2 Å². The highest BCUT2D eigenvalue weighted by atomic mass is 16.9. The molecule has 0 saturated heterocycles. The highest BCUT2D eigenvalue weighted by molar-refractivity contribution is 4.86. The first-order valence-corrected chi connectivity index (χ1v) is 12.2. The van der Waals surface area contributed by atoms with Crippen LogP contribution >= 0.6 is 0 Å². The summed E-state index contributed by atoms with van der Waals surface area (Å²) in [5, 5.41) is 0. The minimum absolute atomic E-state index is 0.615. The number of unbranched alkanes of at least 4 members (excludes halogenated alkanes) is 9. The lowest BCUT2D eigenvalue weighted by Gasteiger charge is -2.32. The van der Waals surface area contributed by atoms with Gasteiger partial charge in [-0.2, -0.15) is 0 Å². The zero-order valence-corrected chi connectivity index (χ0v) is 19.8. The standard InChI is InChI=1S/C25H50O3/c1-6-10-11-12-13-15-18-21-24(5)22-19-16-14-17-20-23-25(26-7-2,27-8-3)28-9-4/h18,21,24H,6-17,19-20,22-23H2,1-5H3. The maximum atomic E-state index is 5.79. The predicted octanol–water partition coefficient (Wildman–Crippen LogP) is 8.03. The number of hydrogen-bond acceptors (Lipinski definition) is 3. The first kappa shape index (κ1) is 27.6. The third-order valence-electron chi connectivity index (χ3n) is 5.17. The summed E-state index contributed by atoms with van der Waals surface area (Å²) in [6.45, 7) is 12.5. The van der Waals surface area contributed by atoms with Crippen LogP contribution in [0.1, 0.15) is 118 Å². The van der Waals surface area contributed by atoms with Gasteiger partial charge >= 0.3 is 0 Å². The topological polar surface area (TPSA) is 27.7 Å². The largest absolute Gasteiger partial charge is 0.328 e. The Morgan fingerprint density at radius 2 is 1.21 bits per heavy atom. The molecule has 0 aromatic heterocycles. The molecule has 28 heavy (non-hydrogen) atoms. The Balaban J connectivity index is 3.75. The van der Waals surface area contributed by atoms with E-state index in [4.69, 9.17) is 14.2 Å². The first-order chi connectivity index (χ1) is 13.6. The molecule has 0 spiro atoms. The van der Waals surface area contributed by atoms with E-state index in [0.29, 0.717) is 19.8 Å². The van der Waals surface area contributed by atoms with Crippen LogP contribution in [0, 0.1) is 5.92 Å². The van der Waals surface area contributed by atoms with Crippen molar-refractivity contribution in [1.29, 1.82) is 0 Å². The molecule has 3 nitrogen and oxygen atoms in total. The second-order valence-electron chi connectivity index (χ2n) is 7.90. The van der Waals surface area contributed by atoms with Crippen molar-refractivity contribution in [3.8, 4) is 0 Å². The van der Waals surface area contributed by atoms with E-state index in [1.807, 2.05) is 20.8 Å². The van der Waals surface area contributed by atoms with Crippen molar-refractivity contribution in [2.75, 3.05) is 19.8 Å². The van der Waals surface area contributed by atoms with Crippen LogP contribution in [0.25, 0.3) is 0 Å². The molecule has 3 heteroatoms. The van der Waals surface area contributed by atoms with Crippen LogP contribution in [0.3, 0.4) is 0 Å². The molecule has 0 radical (unpaired) electrons. The Kier molecular flexibility index (Phi) is 19.6. The van der Waals surface area contributed by atoms with Gasteiger partial charge in [-0.3, -0.25) is 0 Å². The van der Waals surface area contributed by atoms with Crippen LogP contribution < -0.4 is 0 Å². The average Bonchev–Trinajstić information content (AvgIpc) is 2.67. The van der Waals surface area contributed by atoms with Crippen LogP contribution in [0.2, 0.25) is 0 Å². The summed E-state index contributed by atoms with van der Waals surface area (Å²) in [4.78, 5) is 0. The normalized spacial score (nSPS) is 13.5. The van der Waals surface area contributed by atoms with Crippen LogP contribution in [0.15, 0.2) is 12.2 Å². The Morgan fingerprint density at radius 1 is 0.679 bits per heavy atom. The first-order valence-electron chi connectivity index (χ1n) is 12.2. The molecular formula is C25H50O3. The van der Waals surface area contributed by atoms with Gasteiger partial charge in [0.25, 0.3) is 5.97 Å². The lowest BCUT2D eigenvalue weighted by Crippen LogP contribution is -2.39. The smallest absolute Gasteiger partial charge is 0.282 e. The maximum absolute atomic E-state index is 5.79. The average molecular weight is 399 g/mol. The molecule has 0 rings (SSSR count). The summed E-state index contributed by atoms with van der Waals surface area (Å²) in [6, 6.07) is 0. The Labute approximate surface area is 176 Å². The van der Waals surface area contributed by atoms with Crippen LogP contribution in [0.4, 0.5) is 0 Å². The van der Waals surface area contributed by atoms with E-state index in [-0.39, 0.29) is 0 Å². The Hall–Kier alpha value is -0.380. The highest BCUT2D eigenvalue weighted by Crippen LogP contribution is 2.24. The molecule has 0 fully saturated rings. The summed E-state index contributed by atoms with van der Waals surface area (Å²) >= 11 is 0. The molecule has 0 aromatic carbocycles. The van der Waals surface area contributed by atoms with E-state index in [9.17, 15) is 0 Å². The van der Waals surface area contributed by atoms with E-state index >= 15 is 0 Å². The number of ether oxygens (including phenoxy) is 3. The summed E-state index contributed by atoms with van der Waals surface area (Å²) < 4.78 is 17.4. The zero-order chi connectivity index (χ0) is 20.9. The minimum atomic E-state index is -0.825. The van der Waals surface area contributed by atoms with Gasteiger partial charge in [-0.25, -0.2) is 0 Å². The van der Waals surface area contributed by atoms with Gasteiger partial charge in [-0.05, 0) is 52.4 Å². The monoisotopic (exact) mass is 398 g/mol. The summed E-state index contributed by atoms with van der Waals surface area (Å²) in [5.41, 5.74) is 0. The van der Waals surface area contributed by atoms with Crippen LogP contribution in [-0.4, -0.2) is 25.8 Å². The quantitative estimate of drug-likeness (QED) is 0.111. The van der Waals surface area contributed by atoms with Crippen molar-refractivity contribution in [3.05, 3.63) is 12.2 Å². The van der Waals surface area contributed by atoms with Gasteiger partial charge in [0.05, 0.1) is 0 Å². The Bertz CT molecular complexity index is 324. The van der Waals surface area contributed by atoms with Crippen molar-refractivity contribution >= 4 is 0 Å². The van der Waals surface area contributed by atoms with Gasteiger partial charge in [-0.15, -0.1) is 0 Å². The molecule has 0 aromatic rings. The second-order valence-corrected chi connectivity index (χ2v) is 7.90. The van der Waals surface area contributed by atoms with E-state index in [1.165, 1.54) is 70.6 Å². The SMILES string of the molecule is CCCCCCCC=CC(C)CCCCCCCC(OCC)(OCC)OCC. The fourth-order valence-electron chi connectivity index (χ4n) is 3.63. The zero-order valence-electron chi connectivity index (χ0n) is 19.8. The molecule has 0 saturated carbocycles. The number of allylic oxidation sites excluding steroid dienone is 2. The summed E-state index contributed by atoms with van der Waals surface area (Å²) in [5.74, 6) is -0.106. The van der Waals surface area contributed by atoms with Crippen LogP contribution in [-0.2, 0) is 14.2 Å². The number of hydrogen-bond donors (Lipinski definition) is 0. The lowest BCUT2D eigenvalue weighted by molar-refractivity contribution is -0.380. The van der Waals surface area contributed by atoms with E-state index in [0.717, 1.165) is 18.8 Å². The minimum Gasteiger partial charge on any atom is -0.328 e. The van der Waals surface area contributed by atoms with Gasteiger partial charge in [0.1, 0.15) is 0 Å². The third-order valence-corrected chi connectivity index (χ3v) is 5.17. The predicted molar refractivity (Wildman–Crippen MR) is 122 cm³/mol. The van der Waals surface area contributed by atoms with Gasteiger partial charge in [0.2, 0.25) is 0 Å². The van der Waals surface area contributed by atoms with Gasteiger partial charge in [0.15, 0.2) is 0 Å². The van der Waals surface area contributed by atoms with E-state index in [2.05, 4.69) is 26.0 Å². The highest BCUT2D eigenvalue weighted by Gasteiger charge is 2.31. The molecule has 0 aliphatic carbocycles. The number of rotatable bonds is 21. The van der Waals surface area contributed by atoms with Gasteiger partial charge in [-0.1, -0.05) is 77.4 Å². The maximum Gasteiger partial charge on any atom is 0.282 e. The van der Waals surface area contributed by atoms with Crippen molar-refractivity contribution in [3.63, 3.8) is 0 Å². The molecule has 0 N–H and O–H groups in total. The molecule has 0 aliphatic heterocycles. The van der Waals surface area contributed by atoms with Crippen molar-refractivity contribution in [1.82, 2.24) is 0 Å². The molecule has 168 valence electrons. The van der Waals surface area contributed by atoms with Crippen molar-refractivity contribution in [2.24, 2.45) is 5.92 Å². The molecule has 0 aliphatic rings. The van der Waals surface area contributed by atoms with E-state index in [1.54, 1.807) is 0 Å². The molecule has 0 amide bonds. The fraction of sp³-hybridized carbons (Fsp3) is 0.920. The lowest BCUT2D eigenvalue weighted by atomic mass is 10.0. The molecule has 1 atom stereocenters. The molecule has 0 heterocycles. The van der Waals surface area contributed by atoms with Gasteiger partial charge in [0, 0.05) is 26.2 Å². The van der Waals surface area contributed by atoms with E-state index < -0.39 is 5.97 Å². The molecular weight excluding hydrogens is 348 g/mol. The third kappa shape index (κ3) is 15.5. The second kappa shape index (κ2) is 19.9. The molecule has 0 bridgehead atoms. The fourth-order valence-corrected chi connectivity index (χ4v) is 3.63.